The molecule has 0 saturated heterocycles. The van der Waals surface area contributed by atoms with Crippen molar-refractivity contribution in [2.45, 2.75) is 46.2 Å². The summed E-state index contributed by atoms with van der Waals surface area (Å²) in [6, 6.07) is 11.7. The third-order valence-corrected chi connectivity index (χ3v) is 5.15. The van der Waals surface area contributed by atoms with Crippen molar-refractivity contribution in [3.8, 4) is 0 Å². The van der Waals surface area contributed by atoms with Crippen LogP contribution in [0.2, 0.25) is 0 Å². The maximum absolute atomic E-state index is 12.9. The molecule has 0 aliphatic heterocycles. The van der Waals surface area contributed by atoms with Crippen LogP contribution in [-0.2, 0) is 12.6 Å². The van der Waals surface area contributed by atoms with E-state index in [1.54, 1.807) is 25.1 Å². The first-order valence-corrected chi connectivity index (χ1v) is 11.0. The second-order valence-electron chi connectivity index (χ2n) is 7.15. The Morgan fingerprint density at radius 1 is 0.968 bits per heavy atom. The lowest BCUT2D eigenvalue weighted by atomic mass is 10.1. The predicted octanol–water partition coefficient (Wildman–Crippen LogP) is 6.91. The van der Waals surface area contributed by atoms with Gasteiger partial charge in [0.15, 0.2) is 0 Å². The third-order valence-electron chi connectivity index (χ3n) is 4.34. The number of hydrogen-bond donors (Lipinski definition) is 0. The monoisotopic (exact) mass is 453 g/mol. The van der Waals surface area contributed by atoms with E-state index in [4.69, 9.17) is 0 Å². The molecule has 0 bridgehead atoms. The highest BCUT2D eigenvalue weighted by atomic mass is 32.1. The van der Waals surface area contributed by atoms with Gasteiger partial charge < -0.3 is 4.90 Å². The van der Waals surface area contributed by atoms with E-state index < -0.39 is 11.7 Å². The van der Waals surface area contributed by atoms with Gasteiger partial charge in [-0.2, -0.15) is 17.5 Å². The summed E-state index contributed by atoms with van der Waals surface area (Å²) in [5.74, 6) is 0.603. The number of aryl methyl sites for hydroxylation is 1. The maximum atomic E-state index is 12.9. The Labute approximate surface area is 184 Å². The van der Waals surface area contributed by atoms with Crippen molar-refractivity contribution in [2.75, 3.05) is 18.0 Å². The average Bonchev–Trinajstić information content (AvgIpc) is 3.18. The van der Waals surface area contributed by atoms with Crippen molar-refractivity contribution in [3.63, 3.8) is 0 Å². The molecule has 0 atom stereocenters. The van der Waals surface area contributed by atoms with Gasteiger partial charge in [-0.1, -0.05) is 49.7 Å². The van der Waals surface area contributed by atoms with Gasteiger partial charge in [0.2, 0.25) is 5.13 Å². The van der Waals surface area contributed by atoms with Crippen molar-refractivity contribution >= 4 is 16.7 Å². The third kappa shape index (κ3) is 8.28. The van der Waals surface area contributed by atoms with Crippen molar-refractivity contribution < 1.29 is 17.6 Å². The van der Waals surface area contributed by atoms with Crippen LogP contribution in [0, 0.1) is 12.7 Å². The standard InChI is InChI=1S/C15H20FN3S.C8H7F3/c1-3-9-19(10-4-2)15-17-14(18-20-15)11-12-5-7-13(16)8-6-12;1-6-3-2-4-7(5-6)8(9,10)11/h5-8H,3-4,9-11H2,1-2H3;2-5H,1H3. The van der Waals surface area contributed by atoms with E-state index in [1.807, 2.05) is 0 Å². The first-order valence-electron chi connectivity index (χ1n) is 10.2. The number of nitrogens with zero attached hydrogens (tertiary/aromatic N) is 3. The topological polar surface area (TPSA) is 29.0 Å². The highest BCUT2D eigenvalue weighted by Crippen LogP contribution is 2.29. The lowest BCUT2D eigenvalue weighted by Gasteiger charge is -2.19. The Morgan fingerprint density at radius 2 is 1.61 bits per heavy atom. The van der Waals surface area contributed by atoms with Crippen LogP contribution in [0.4, 0.5) is 22.7 Å². The van der Waals surface area contributed by atoms with E-state index in [-0.39, 0.29) is 5.82 Å². The van der Waals surface area contributed by atoms with Gasteiger partial charge in [-0.3, -0.25) is 0 Å². The molecule has 0 aliphatic carbocycles. The molecule has 0 N–H and O–H groups in total. The molecular formula is C23H27F4N3S. The number of rotatable bonds is 7. The molecule has 3 rings (SSSR count). The Kier molecular flexibility index (Phi) is 9.43. The molecule has 0 fully saturated rings. The number of halogens is 4. The highest BCUT2D eigenvalue weighted by molar-refractivity contribution is 7.09. The largest absolute Gasteiger partial charge is 0.416 e. The minimum absolute atomic E-state index is 0.210. The molecule has 1 aromatic heterocycles. The van der Waals surface area contributed by atoms with Gasteiger partial charge in [0, 0.05) is 31.0 Å². The summed E-state index contributed by atoms with van der Waals surface area (Å²) in [7, 11) is 0. The van der Waals surface area contributed by atoms with Crippen LogP contribution in [0.25, 0.3) is 0 Å². The van der Waals surface area contributed by atoms with Crippen molar-refractivity contribution in [2.24, 2.45) is 0 Å². The van der Waals surface area contributed by atoms with Gasteiger partial charge in [0.05, 0.1) is 5.56 Å². The van der Waals surface area contributed by atoms with Crippen molar-refractivity contribution in [1.29, 1.82) is 0 Å². The molecule has 0 amide bonds. The number of benzene rings is 2. The van der Waals surface area contributed by atoms with Gasteiger partial charge in [-0.15, -0.1) is 0 Å². The molecule has 168 valence electrons. The van der Waals surface area contributed by atoms with Crippen LogP contribution in [0.3, 0.4) is 0 Å². The Bertz CT molecular complexity index is 917. The van der Waals surface area contributed by atoms with Gasteiger partial charge in [0.25, 0.3) is 0 Å². The zero-order valence-electron chi connectivity index (χ0n) is 17.9. The SMILES string of the molecule is CCCN(CCC)c1nc(Cc2ccc(F)cc2)ns1.Cc1cccc(C(F)(F)F)c1. The predicted molar refractivity (Wildman–Crippen MR) is 118 cm³/mol. The van der Waals surface area contributed by atoms with Crippen LogP contribution in [0.5, 0.6) is 0 Å². The summed E-state index contributed by atoms with van der Waals surface area (Å²) < 4.78 is 53.2. The Balaban J connectivity index is 0.000000262. The van der Waals surface area contributed by atoms with E-state index >= 15 is 0 Å². The lowest BCUT2D eigenvalue weighted by Crippen LogP contribution is -2.24. The molecule has 0 radical (unpaired) electrons. The average molecular weight is 454 g/mol. The minimum atomic E-state index is -4.22. The zero-order chi connectivity index (χ0) is 22.9. The van der Waals surface area contributed by atoms with E-state index in [0.717, 1.165) is 54.6 Å². The zero-order valence-corrected chi connectivity index (χ0v) is 18.7. The van der Waals surface area contributed by atoms with E-state index in [0.29, 0.717) is 12.0 Å². The minimum Gasteiger partial charge on any atom is -0.347 e. The molecule has 3 nitrogen and oxygen atoms in total. The molecule has 31 heavy (non-hydrogen) atoms. The highest BCUT2D eigenvalue weighted by Gasteiger charge is 2.29. The van der Waals surface area contributed by atoms with Crippen LogP contribution in [0.1, 0.15) is 49.2 Å². The molecule has 0 spiro atoms. The second-order valence-corrected chi connectivity index (χ2v) is 7.88. The molecule has 1 heterocycles. The smallest absolute Gasteiger partial charge is 0.347 e. The fourth-order valence-electron chi connectivity index (χ4n) is 2.89. The van der Waals surface area contributed by atoms with E-state index in [1.165, 1.54) is 29.7 Å². The first-order chi connectivity index (χ1) is 14.7. The molecular weight excluding hydrogens is 426 g/mol. The molecule has 3 aromatic rings. The van der Waals surface area contributed by atoms with Crippen molar-refractivity contribution in [3.05, 3.63) is 76.9 Å². The van der Waals surface area contributed by atoms with Crippen molar-refractivity contribution in [1.82, 2.24) is 9.36 Å². The summed E-state index contributed by atoms with van der Waals surface area (Å²) in [6.07, 6.45) is -1.35. The summed E-state index contributed by atoms with van der Waals surface area (Å²) in [5.41, 5.74) is 1.07. The summed E-state index contributed by atoms with van der Waals surface area (Å²) in [4.78, 5) is 6.89. The molecule has 2 aromatic carbocycles. The van der Waals surface area contributed by atoms with Gasteiger partial charge >= 0.3 is 6.18 Å². The number of aromatic nitrogens is 2. The Morgan fingerprint density at radius 3 is 2.13 bits per heavy atom. The fraction of sp³-hybridized carbons (Fsp3) is 0.391. The van der Waals surface area contributed by atoms with E-state index in [2.05, 4.69) is 28.1 Å². The number of alkyl halides is 3. The lowest BCUT2D eigenvalue weighted by molar-refractivity contribution is -0.137. The van der Waals surface area contributed by atoms with Gasteiger partial charge in [-0.25, -0.2) is 9.37 Å². The van der Waals surface area contributed by atoms with Gasteiger partial charge in [0.1, 0.15) is 11.6 Å². The fourth-order valence-corrected chi connectivity index (χ4v) is 3.63. The summed E-state index contributed by atoms with van der Waals surface area (Å²) in [5, 5.41) is 0.991. The number of anilines is 1. The Hall–Kier alpha value is -2.48. The quantitative estimate of drug-likeness (QED) is 0.364. The molecule has 8 heteroatoms. The normalized spacial score (nSPS) is 11.1. The second kappa shape index (κ2) is 11.8. The summed E-state index contributed by atoms with van der Waals surface area (Å²) in [6.45, 7) is 8.00. The van der Waals surface area contributed by atoms with Gasteiger partial charge in [-0.05, 0) is 43.5 Å². The van der Waals surface area contributed by atoms with Crippen LogP contribution in [-0.4, -0.2) is 22.4 Å². The molecule has 0 saturated carbocycles. The van der Waals surface area contributed by atoms with E-state index in [9.17, 15) is 17.6 Å². The van der Waals surface area contributed by atoms with Crippen LogP contribution < -0.4 is 4.90 Å². The molecule has 0 unspecified atom stereocenters. The summed E-state index contributed by atoms with van der Waals surface area (Å²) >= 11 is 1.45. The number of hydrogen-bond acceptors (Lipinski definition) is 4. The maximum Gasteiger partial charge on any atom is 0.416 e. The van der Waals surface area contributed by atoms with Crippen LogP contribution >= 0.6 is 11.5 Å². The van der Waals surface area contributed by atoms with Crippen LogP contribution in [0.15, 0.2) is 48.5 Å². The molecule has 0 aliphatic rings. The first kappa shape index (κ1) is 24.8.